The summed E-state index contributed by atoms with van der Waals surface area (Å²) in [5.74, 6) is 2.25. The third-order valence-corrected chi connectivity index (χ3v) is 6.07. The second-order valence-corrected chi connectivity index (χ2v) is 8.56. The van der Waals surface area contributed by atoms with Gasteiger partial charge < -0.3 is 14.5 Å². The third-order valence-electron chi connectivity index (χ3n) is 5.16. The highest BCUT2D eigenvalue weighted by Crippen LogP contribution is 2.27. The quantitative estimate of drug-likeness (QED) is 0.248. The van der Waals surface area contributed by atoms with Gasteiger partial charge in [0.25, 0.3) is 5.91 Å². The van der Waals surface area contributed by atoms with Crippen LogP contribution in [0.5, 0.6) is 5.75 Å². The summed E-state index contributed by atoms with van der Waals surface area (Å²) in [7, 11) is 1.64. The van der Waals surface area contributed by atoms with E-state index in [0.717, 1.165) is 35.7 Å². The van der Waals surface area contributed by atoms with Crippen LogP contribution in [0.15, 0.2) is 70.4 Å². The number of aromatic nitrogens is 4. The van der Waals surface area contributed by atoms with Crippen molar-refractivity contribution in [2.24, 2.45) is 0 Å². The Hall–Kier alpha value is -3.59. The lowest BCUT2D eigenvalue weighted by Crippen LogP contribution is -2.24. The van der Waals surface area contributed by atoms with Crippen molar-refractivity contribution < 1.29 is 13.9 Å². The highest BCUT2D eigenvalue weighted by molar-refractivity contribution is 7.98. The number of amides is 1. The number of hydrogen-bond acceptors (Lipinski definition) is 7. The lowest BCUT2D eigenvalue weighted by atomic mass is 10.1. The smallest absolute Gasteiger partial charge is 0.273 e. The molecule has 4 rings (SSSR count). The van der Waals surface area contributed by atoms with Crippen molar-refractivity contribution in [2.45, 2.75) is 37.1 Å². The van der Waals surface area contributed by atoms with Gasteiger partial charge in [0.1, 0.15) is 17.8 Å². The first-order valence-corrected chi connectivity index (χ1v) is 12.1. The molecule has 0 atom stereocenters. The minimum Gasteiger partial charge on any atom is -0.497 e. The zero-order valence-corrected chi connectivity index (χ0v) is 20.0. The first-order chi connectivity index (χ1) is 16.7. The molecule has 9 heteroatoms. The second kappa shape index (κ2) is 11.5. The van der Waals surface area contributed by atoms with Crippen molar-refractivity contribution in [3.8, 4) is 11.4 Å². The van der Waals surface area contributed by atoms with E-state index in [1.54, 1.807) is 7.11 Å². The van der Waals surface area contributed by atoms with Gasteiger partial charge in [0, 0.05) is 18.7 Å². The summed E-state index contributed by atoms with van der Waals surface area (Å²) in [5.41, 5.74) is 2.36. The number of carbonyl (C=O) groups excluding carboxylic acids is 1. The number of hydrogen-bond donors (Lipinski definition) is 1. The first-order valence-electron chi connectivity index (χ1n) is 11.2. The van der Waals surface area contributed by atoms with Gasteiger partial charge in [-0.05, 0) is 36.2 Å². The van der Waals surface area contributed by atoms with Gasteiger partial charge in [0.05, 0.1) is 12.9 Å². The van der Waals surface area contributed by atoms with E-state index in [0.29, 0.717) is 29.8 Å². The number of nitrogens with zero attached hydrogens (tertiary/aromatic N) is 4. The molecule has 4 aromatic rings. The van der Waals surface area contributed by atoms with E-state index in [9.17, 15) is 4.79 Å². The molecule has 34 heavy (non-hydrogen) atoms. The van der Waals surface area contributed by atoms with Crippen LogP contribution >= 0.6 is 11.8 Å². The number of carbonyl (C=O) groups is 1. The molecule has 2 heterocycles. The van der Waals surface area contributed by atoms with E-state index in [-0.39, 0.29) is 11.6 Å². The highest BCUT2D eigenvalue weighted by atomic mass is 32.2. The Morgan fingerprint density at radius 3 is 2.65 bits per heavy atom. The van der Waals surface area contributed by atoms with Crippen LogP contribution in [-0.4, -0.2) is 39.3 Å². The fourth-order valence-electron chi connectivity index (χ4n) is 3.35. The van der Waals surface area contributed by atoms with Gasteiger partial charge >= 0.3 is 0 Å². The van der Waals surface area contributed by atoms with Crippen LogP contribution in [0, 0.1) is 0 Å². The molecular weight excluding hydrogens is 450 g/mol. The summed E-state index contributed by atoms with van der Waals surface area (Å²) in [6, 6.07) is 17.9. The molecule has 0 aliphatic heterocycles. The van der Waals surface area contributed by atoms with Crippen molar-refractivity contribution in [2.75, 3.05) is 13.7 Å². The summed E-state index contributed by atoms with van der Waals surface area (Å²) in [6.07, 6.45) is 3.98. The van der Waals surface area contributed by atoms with Crippen LogP contribution in [0.4, 0.5) is 0 Å². The normalized spacial score (nSPS) is 10.9. The van der Waals surface area contributed by atoms with Crippen LogP contribution in [0.1, 0.15) is 47.5 Å². The molecule has 0 unspecified atom stereocenters. The lowest BCUT2D eigenvalue weighted by Gasteiger charge is -2.11. The van der Waals surface area contributed by atoms with Crippen LogP contribution in [-0.2, 0) is 12.2 Å². The average molecular weight is 478 g/mol. The van der Waals surface area contributed by atoms with Gasteiger partial charge in [0.15, 0.2) is 10.9 Å². The second-order valence-electron chi connectivity index (χ2n) is 7.62. The predicted molar refractivity (Wildman–Crippen MR) is 130 cm³/mol. The number of unbranched alkanes of at least 4 members (excludes halogenated alkanes) is 1. The third kappa shape index (κ3) is 5.85. The Labute approximate surface area is 202 Å². The van der Waals surface area contributed by atoms with E-state index in [1.807, 2.05) is 47.0 Å². The standard InChI is InChI=1S/C25H27N5O3S/c1-3-4-14-26-24(31)21-16-33-23(27-21)17-34-25-29-28-22(15-18-8-6-5-7-9-18)30(25)19-10-12-20(32-2)13-11-19/h5-13,16H,3-4,14-15,17H2,1-2H3,(H,26,31). The molecule has 0 radical (unpaired) electrons. The van der Waals surface area contributed by atoms with Crippen LogP contribution in [0.25, 0.3) is 5.69 Å². The van der Waals surface area contributed by atoms with Crippen molar-refractivity contribution in [3.63, 3.8) is 0 Å². The number of nitrogens with one attached hydrogen (secondary N) is 1. The lowest BCUT2D eigenvalue weighted by molar-refractivity contribution is 0.0948. The maximum absolute atomic E-state index is 12.2. The number of ether oxygens (including phenoxy) is 1. The van der Waals surface area contributed by atoms with Gasteiger partial charge in [-0.25, -0.2) is 4.98 Å². The summed E-state index contributed by atoms with van der Waals surface area (Å²) in [4.78, 5) is 16.5. The van der Waals surface area contributed by atoms with Gasteiger partial charge in [0.2, 0.25) is 5.89 Å². The molecular formula is C25H27N5O3S. The molecule has 1 amide bonds. The van der Waals surface area contributed by atoms with Crippen molar-refractivity contribution in [1.82, 2.24) is 25.1 Å². The molecule has 0 fully saturated rings. The molecule has 0 spiro atoms. The highest BCUT2D eigenvalue weighted by Gasteiger charge is 2.17. The molecule has 0 bridgehead atoms. The predicted octanol–water partition coefficient (Wildman–Crippen LogP) is 4.68. The van der Waals surface area contributed by atoms with Gasteiger partial charge in [-0.3, -0.25) is 9.36 Å². The fourth-order valence-corrected chi connectivity index (χ4v) is 4.18. The summed E-state index contributed by atoms with van der Waals surface area (Å²) < 4.78 is 12.9. The molecule has 0 aliphatic rings. The number of benzene rings is 2. The zero-order valence-electron chi connectivity index (χ0n) is 19.2. The van der Waals surface area contributed by atoms with Crippen LogP contribution in [0.2, 0.25) is 0 Å². The fraction of sp³-hybridized carbons (Fsp3) is 0.280. The van der Waals surface area contributed by atoms with Crippen molar-refractivity contribution in [3.05, 3.63) is 83.8 Å². The monoisotopic (exact) mass is 477 g/mol. The van der Waals surface area contributed by atoms with E-state index >= 15 is 0 Å². The van der Waals surface area contributed by atoms with Gasteiger partial charge in [-0.1, -0.05) is 55.4 Å². The summed E-state index contributed by atoms with van der Waals surface area (Å²) in [5, 5.41) is 12.5. The Morgan fingerprint density at radius 2 is 1.91 bits per heavy atom. The number of methoxy groups -OCH3 is 1. The average Bonchev–Trinajstić information content (AvgIpc) is 3.51. The SMILES string of the molecule is CCCCNC(=O)c1coc(CSc2nnc(Cc3ccccc3)n2-c2ccc(OC)cc2)n1. The molecule has 176 valence electrons. The summed E-state index contributed by atoms with van der Waals surface area (Å²) >= 11 is 1.45. The molecule has 2 aromatic heterocycles. The van der Waals surface area contributed by atoms with E-state index < -0.39 is 0 Å². The maximum atomic E-state index is 12.2. The molecule has 8 nitrogen and oxygen atoms in total. The Bertz CT molecular complexity index is 1210. The maximum Gasteiger partial charge on any atom is 0.273 e. The minimum atomic E-state index is -0.222. The Balaban J connectivity index is 1.53. The molecule has 2 aromatic carbocycles. The van der Waals surface area contributed by atoms with E-state index in [1.165, 1.54) is 18.0 Å². The van der Waals surface area contributed by atoms with Gasteiger partial charge in [-0.2, -0.15) is 0 Å². The van der Waals surface area contributed by atoms with Crippen molar-refractivity contribution in [1.29, 1.82) is 0 Å². The van der Waals surface area contributed by atoms with Crippen LogP contribution < -0.4 is 10.1 Å². The summed E-state index contributed by atoms with van der Waals surface area (Å²) in [6.45, 7) is 2.70. The Morgan fingerprint density at radius 1 is 1.12 bits per heavy atom. The van der Waals surface area contributed by atoms with E-state index in [2.05, 4.69) is 39.6 Å². The minimum absolute atomic E-state index is 0.222. The zero-order chi connectivity index (χ0) is 23.8. The first kappa shape index (κ1) is 23.6. The molecule has 1 N–H and O–H groups in total. The van der Waals surface area contributed by atoms with Crippen LogP contribution in [0.3, 0.4) is 0 Å². The topological polar surface area (TPSA) is 95.1 Å². The number of rotatable bonds is 11. The number of oxazole rings is 1. The van der Waals surface area contributed by atoms with Gasteiger partial charge in [-0.15, -0.1) is 10.2 Å². The molecule has 0 aliphatic carbocycles. The molecule has 0 saturated heterocycles. The largest absolute Gasteiger partial charge is 0.497 e. The van der Waals surface area contributed by atoms with Crippen molar-refractivity contribution >= 4 is 17.7 Å². The molecule has 0 saturated carbocycles. The Kier molecular flexibility index (Phi) is 7.98. The number of thioether (sulfide) groups is 1. The van der Waals surface area contributed by atoms with E-state index in [4.69, 9.17) is 9.15 Å².